The van der Waals surface area contributed by atoms with Crippen LogP contribution in [0.5, 0.6) is 0 Å². The van der Waals surface area contributed by atoms with Gasteiger partial charge >= 0.3 is 0 Å². The molecule has 2 heterocycles. The summed E-state index contributed by atoms with van der Waals surface area (Å²) in [4.78, 5) is 11.0. The van der Waals surface area contributed by atoms with Gasteiger partial charge in [-0.3, -0.25) is 4.72 Å². The molecular formula is C16H21FN4S. The number of nitrogens with zero attached hydrogens (tertiary/aromatic N) is 3. The topological polar surface area (TPSA) is 41.0 Å². The summed E-state index contributed by atoms with van der Waals surface area (Å²) in [5.41, 5.74) is 1.44. The number of hydrogen-bond donors (Lipinski definition) is 1. The lowest BCUT2D eigenvalue weighted by molar-refractivity contribution is 0.415. The van der Waals surface area contributed by atoms with Gasteiger partial charge in [-0.2, -0.15) is 0 Å². The Morgan fingerprint density at radius 1 is 1.41 bits per heavy atom. The number of halogens is 1. The number of benzene rings is 1. The zero-order valence-corrected chi connectivity index (χ0v) is 13.8. The minimum absolute atomic E-state index is 0.193. The van der Waals surface area contributed by atoms with E-state index in [1.54, 1.807) is 37.3 Å². The summed E-state index contributed by atoms with van der Waals surface area (Å²) in [6.07, 6.45) is 5.99. The molecule has 118 valence electrons. The van der Waals surface area contributed by atoms with Gasteiger partial charge in [0.1, 0.15) is 18.0 Å². The molecule has 1 saturated heterocycles. The van der Waals surface area contributed by atoms with Gasteiger partial charge in [-0.15, -0.1) is 0 Å². The zero-order chi connectivity index (χ0) is 15.5. The normalized spacial score (nSPS) is 18.9. The lowest BCUT2D eigenvalue weighted by atomic mass is 9.98. The Labute approximate surface area is 134 Å². The fourth-order valence-electron chi connectivity index (χ4n) is 3.04. The Morgan fingerprint density at radius 3 is 3.09 bits per heavy atom. The van der Waals surface area contributed by atoms with Crippen LogP contribution in [0.2, 0.25) is 0 Å². The van der Waals surface area contributed by atoms with Gasteiger partial charge in [-0.05, 0) is 49.6 Å². The van der Waals surface area contributed by atoms with Gasteiger partial charge in [0.25, 0.3) is 0 Å². The second-order valence-corrected chi connectivity index (χ2v) is 6.52. The molecule has 22 heavy (non-hydrogen) atoms. The van der Waals surface area contributed by atoms with E-state index >= 15 is 0 Å². The van der Waals surface area contributed by atoms with Crippen LogP contribution in [-0.2, 0) is 0 Å². The van der Waals surface area contributed by atoms with E-state index in [1.807, 2.05) is 6.26 Å². The average Bonchev–Trinajstić information content (AvgIpc) is 2.54. The SMILES string of the molecule is CSNCC1CCCN(c2ncnc3cc(C)c(F)cc23)C1. The molecule has 3 rings (SSSR count). The van der Waals surface area contributed by atoms with E-state index in [0.29, 0.717) is 11.5 Å². The maximum absolute atomic E-state index is 14.0. The highest BCUT2D eigenvalue weighted by Gasteiger charge is 2.22. The average molecular weight is 320 g/mol. The Hall–Kier alpha value is -1.40. The molecule has 2 aromatic rings. The third-order valence-corrected chi connectivity index (χ3v) is 4.68. The first-order valence-electron chi connectivity index (χ1n) is 7.60. The largest absolute Gasteiger partial charge is 0.356 e. The standard InChI is InChI=1S/C16H21FN4S/c1-11-6-15-13(7-14(11)17)16(19-10-18-15)21-5-3-4-12(9-21)8-20-22-2/h6-7,10,12,20H,3-5,8-9H2,1-2H3. The maximum Gasteiger partial charge on any atom is 0.139 e. The molecule has 1 N–H and O–H groups in total. The van der Waals surface area contributed by atoms with E-state index in [4.69, 9.17) is 0 Å². The van der Waals surface area contributed by atoms with Crippen LogP contribution in [0.25, 0.3) is 10.9 Å². The number of fused-ring (bicyclic) bond motifs is 1. The first kappa shape index (κ1) is 15.5. The van der Waals surface area contributed by atoms with E-state index in [0.717, 1.165) is 42.8 Å². The molecule has 1 aliphatic rings. The van der Waals surface area contributed by atoms with Crippen molar-refractivity contribution >= 4 is 28.7 Å². The summed E-state index contributed by atoms with van der Waals surface area (Å²) in [5, 5.41) is 0.809. The lowest BCUT2D eigenvalue weighted by Crippen LogP contribution is -2.39. The van der Waals surface area contributed by atoms with Gasteiger partial charge in [0.15, 0.2) is 0 Å². The maximum atomic E-state index is 14.0. The molecule has 0 bridgehead atoms. The van der Waals surface area contributed by atoms with Crippen LogP contribution in [-0.4, -0.2) is 35.9 Å². The molecule has 1 aromatic heterocycles. The van der Waals surface area contributed by atoms with Crippen LogP contribution in [0.3, 0.4) is 0 Å². The second-order valence-electron chi connectivity index (χ2n) is 5.82. The molecule has 1 unspecified atom stereocenters. The predicted octanol–water partition coefficient (Wildman–Crippen LogP) is 3.16. The molecule has 4 nitrogen and oxygen atoms in total. The van der Waals surface area contributed by atoms with Crippen LogP contribution >= 0.6 is 11.9 Å². The quantitative estimate of drug-likeness (QED) is 0.877. The van der Waals surface area contributed by atoms with Crippen molar-refractivity contribution in [1.82, 2.24) is 14.7 Å². The summed E-state index contributed by atoms with van der Waals surface area (Å²) in [6.45, 7) is 4.68. The molecule has 6 heteroatoms. The third kappa shape index (κ3) is 3.17. The van der Waals surface area contributed by atoms with Crippen molar-refractivity contribution in [2.75, 3.05) is 30.8 Å². The van der Waals surface area contributed by atoms with Crippen molar-refractivity contribution in [2.45, 2.75) is 19.8 Å². The van der Waals surface area contributed by atoms with Crippen LogP contribution in [0.15, 0.2) is 18.5 Å². The van der Waals surface area contributed by atoms with Gasteiger partial charge in [-0.1, -0.05) is 11.9 Å². The van der Waals surface area contributed by atoms with Gasteiger partial charge in [0.2, 0.25) is 0 Å². The number of hydrogen-bond acceptors (Lipinski definition) is 5. The Balaban J connectivity index is 1.90. The number of aryl methyl sites for hydroxylation is 1. The van der Waals surface area contributed by atoms with Gasteiger partial charge < -0.3 is 4.90 Å². The number of rotatable bonds is 4. The fourth-order valence-corrected chi connectivity index (χ4v) is 3.45. The van der Waals surface area contributed by atoms with Crippen LogP contribution in [0.1, 0.15) is 18.4 Å². The van der Waals surface area contributed by atoms with Gasteiger partial charge in [0, 0.05) is 25.0 Å². The fraction of sp³-hybridized carbons (Fsp3) is 0.500. The van der Waals surface area contributed by atoms with Crippen LogP contribution in [0.4, 0.5) is 10.2 Å². The van der Waals surface area contributed by atoms with E-state index in [9.17, 15) is 4.39 Å². The molecule has 0 saturated carbocycles. The number of anilines is 1. The second kappa shape index (κ2) is 6.79. The van der Waals surface area contributed by atoms with E-state index < -0.39 is 0 Å². The Morgan fingerprint density at radius 2 is 2.27 bits per heavy atom. The molecule has 1 aliphatic heterocycles. The van der Waals surface area contributed by atoms with Crippen molar-refractivity contribution in [3.05, 3.63) is 29.8 Å². The van der Waals surface area contributed by atoms with Gasteiger partial charge in [-0.25, -0.2) is 14.4 Å². The molecule has 0 aliphatic carbocycles. The minimum Gasteiger partial charge on any atom is -0.356 e. The summed E-state index contributed by atoms with van der Waals surface area (Å²) in [5.74, 6) is 1.26. The van der Waals surface area contributed by atoms with E-state index in [-0.39, 0.29) is 5.82 Å². The van der Waals surface area contributed by atoms with Gasteiger partial charge in [0.05, 0.1) is 5.52 Å². The first-order chi connectivity index (χ1) is 10.7. The molecular weight excluding hydrogens is 299 g/mol. The molecule has 1 fully saturated rings. The predicted molar refractivity (Wildman–Crippen MR) is 90.7 cm³/mol. The number of nitrogens with one attached hydrogen (secondary N) is 1. The van der Waals surface area contributed by atoms with Crippen molar-refractivity contribution in [1.29, 1.82) is 0 Å². The minimum atomic E-state index is -0.193. The van der Waals surface area contributed by atoms with Crippen molar-refractivity contribution in [3.8, 4) is 0 Å². The number of piperidine rings is 1. The molecule has 0 amide bonds. The highest BCUT2D eigenvalue weighted by Crippen LogP contribution is 2.28. The summed E-state index contributed by atoms with van der Waals surface area (Å²) in [6, 6.07) is 3.37. The Bertz CT molecular complexity index is 664. The van der Waals surface area contributed by atoms with Crippen molar-refractivity contribution in [2.24, 2.45) is 5.92 Å². The Kier molecular flexibility index (Phi) is 4.78. The van der Waals surface area contributed by atoms with Crippen LogP contribution < -0.4 is 9.62 Å². The summed E-state index contributed by atoms with van der Waals surface area (Å²) in [7, 11) is 0. The van der Waals surface area contributed by atoms with Crippen molar-refractivity contribution in [3.63, 3.8) is 0 Å². The monoisotopic (exact) mass is 320 g/mol. The molecule has 1 atom stereocenters. The van der Waals surface area contributed by atoms with Crippen molar-refractivity contribution < 1.29 is 4.39 Å². The van der Waals surface area contributed by atoms with Crippen LogP contribution in [0, 0.1) is 18.7 Å². The summed E-state index contributed by atoms with van der Waals surface area (Å²) < 4.78 is 17.3. The lowest BCUT2D eigenvalue weighted by Gasteiger charge is -2.34. The highest BCUT2D eigenvalue weighted by molar-refractivity contribution is 7.96. The third-order valence-electron chi connectivity index (χ3n) is 4.23. The highest BCUT2D eigenvalue weighted by atomic mass is 32.2. The first-order valence-corrected chi connectivity index (χ1v) is 8.83. The zero-order valence-electron chi connectivity index (χ0n) is 13.0. The van der Waals surface area contributed by atoms with E-state index in [1.165, 1.54) is 6.42 Å². The molecule has 0 radical (unpaired) electrons. The summed E-state index contributed by atoms with van der Waals surface area (Å²) >= 11 is 1.65. The molecule has 0 spiro atoms. The smallest absolute Gasteiger partial charge is 0.139 e. The van der Waals surface area contributed by atoms with E-state index in [2.05, 4.69) is 19.6 Å². The molecule has 1 aromatic carbocycles. The number of aromatic nitrogens is 2.